The van der Waals surface area contributed by atoms with E-state index in [4.69, 9.17) is 0 Å². The van der Waals surface area contributed by atoms with Gasteiger partial charge in [-0.3, -0.25) is 4.99 Å². The molecule has 1 aliphatic heterocycles. The van der Waals surface area contributed by atoms with Crippen molar-refractivity contribution >= 4 is 28.1 Å². The molecule has 0 aliphatic carbocycles. The third-order valence-electron chi connectivity index (χ3n) is 1.20. The molecule has 0 saturated carbocycles. The normalized spacial score (nSPS) is 17.4. The monoisotopic (exact) mass is 170 g/mol. The summed E-state index contributed by atoms with van der Waals surface area (Å²) in [4.78, 5) is 8.47. The molecule has 0 fully saturated rings. The van der Waals surface area contributed by atoms with Gasteiger partial charge in [0.1, 0.15) is 10.1 Å². The van der Waals surface area contributed by atoms with Crippen LogP contribution in [0.15, 0.2) is 16.6 Å². The number of thiazole rings is 1. The molecule has 2 nitrogen and oxygen atoms in total. The molecule has 0 atom stereocenters. The zero-order chi connectivity index (χ0) is 6.81. The second-order valence-corrected chi connectivity index (χ2v) is 3.85. The van der Waals surface area contributed by atoms with Crippen LogP contribution in [0.2, 0.25) is 0 Å². The van der Waals surface area contributed by atoms with Gasteiger partial charge in [-0.05, 0) is 0 Å². The summed E-state index contributed by atoms with van der Waals surface area (Å²) in [7, 11) is 0. The van der Waals surface area contributed by atoms with E-state index in [1.165, 1.54) is 0 Å². The van der Waals surface area contributed by atoms with E-state index in [0.717, 1.165) is 22.3 Å². The summed E-state index contributed by atoms with van der Waals surface area (Å²) in [6.45, 7) is 0.958. The van der Waals surface area contributed by atoms with Gasteiger partial charge in [0.15, 0.2) is 0 Å². The van der Waals surface area contributed by atoms with Gasteiger partial charge in [0, 0.05) is 23.9 Å². The van der Waals surface area contributed by atoms with Gasteiger partial charge in [0.05, 0.1) is 0 Å². The molecule has 0 unspecified atom stereocenters. The van der Waals surface area contributed by atoms with E-state index in [2.05, 4.69) is 9.98 Å². The average molecular weight is 170 g/mol. The van der Waals surface area contributed by atoms with Crippen LogP contribution in [0.4, 0.5) is 0 Å². The van der Waals surface area contributed by atoms with E-state index >= 15 is 0 Å². The Hall–Kier alpha value is -0.350. The lowest BCUT2D eigenvalue weighted by Gasteiger charge is -1.88. The van der Waals surface area contributed by atoms with Crippen molar-refractivity contribution in [2.45, 2.75) is 0 Å². The van der Waals surface area contributed by atoms with Crippen LogP contribution < -0.4 is 0 Å². The Kier molecular flexibility index (Phi) is 1.73. The van der Waals surface area contributed by atoms with Gasteiger partial charge in [0.25, 0.3) is 0 Å². The first-order valence-corrected chi connectivity index (χ1v) is 4.90. The summed E-state index contributed by atoms with van der Waals surface area (Å²) in [5.41, 5.74) is 0. The lowest BCUT2D eigenvalue weighted by atomic mass is 10.7. The fourth-order valence-electron chi connectivity index (χ4n) is 0.794. The van der Waals surface area contributed by atoms with E-state index < -0.39 is 0 Å². The van der Waals surface area contributed by atoms with Crippen molar-refractivity contribution in [3.8, 4) is 0 Å². The molecular weight excluding hydrogens is 164 g/mol. The minimum atomic E-state index is 0.958. The molecule has 1 aromatic heterocycles. The van der Waals surface area contributed by atoms with Crippen molar-refractivity contribution in [3.63, 3.8) is 0 Å². The summed E-state index contributed by atoms with van der Waals surface area (Å²) in [5, 5.41) is 4.18. The Bertz CT molecular complexity index is 240. The van der Waals surface area contributed by atoms with Crippen LogP contribution >= 0.6 is 23.1 Å². The van der Waals surface area contributed by atoms with Gasteiger partial charge in [-0.1, -0.05) is 0 Å². The summed E-state index contributed by atoms with van der Waals surface area (Å²) in [6, 6.07) is 0. The maximum Gasteiger partial charge on any atom is 0.147 e. The van der Waals surface area contributed by atoms with Crippen LogP contribution in [-0.2, 0) is 0 Å². The first-order chi connectivity index (χ1) is 4.97. The van der Waals surface area contributed by atoms with Crippen LogP contribution in [0, 0.1) is 0 Å². The van der Waals surface area contributed by atoms with E-state index in [9.17, 15) is 0 Å². The molecule has 1 aliphatic rings. The van der Waals surface area contributed by atoms with Crippen molar-refractivity contribution in [2.75, 3.05) is 12.3 Å². The van der Waals surface area contributed by atoms with Crippen molar-refractivity contribution in [3.05, 3.63) is 16.6 Å². The highest BCUT2D eigenvalue weighted by Crippen LogP contribution is 2.19. The maximum atomic E-state index is 4.31. The van der Waals surface area contributed by atoms with Crippen LogP contribution in [0.5, 0.6) is 0 Å². The maximum absolute atomic E-state index is 4.31. The first kappa shape index (κ1) is 6.37. The Morgan fingerprint density at radius 1 is 1.50 bits per heavy atom. The average Bonchev–Trinajstić information content (AvgIpc) is 2.59. The first-order valence-electron chi connectivity index (χ1n) is 3.04. The Morgan fingerprint density at radius 2 is 2.50 bits per heavy atom. The topological polar surface area (TPSA) is 25.2 Å². The van der Waals surface area contributed by atoms with Gasteiger partial charge < -0.3 is 0 Å². The molecule has 2 rings (SSSR count). The summed E-state index contributed by atoms with van der Waals surface area (Å²) in [6.07, 6.45) is 1.82. The molecule has 0 N–H and O–H groups in total. The van der Waals surface area contributed by atoms with Crippen molar-refractivity contribution in [1.29, 1.82) is 0 Å². The number of hydrogen-bond donors (Lipinski definition) is 0. The Labute approximate surface area is 67.4 Å². The van der Waals surface area contributed by atoms with Crippen LogP contribution in [0.25, 0.3) is 0 Å². The summed E-state index contributed by atoms with van der Waals surface area (Å²) in [5.74, 6) is 1.12. The number of thioether (sulfide) groups is 1. The molecular formula is C6H6N2S2. The Balaban J connectivity index is 2.28. The molecule has 10 heavy (non-hydrogen) atoms. The third-order valence-corrected chi connectivity index (χ3v) is 3.09. The fourth-order valence-corrected chi connectivity index (χ4v) is 2.39. The van der Waals surface area contributed by atoms with Gasteiger partial charge in [-0.15, -0.1) is 23.1 Å². The standard InChI is InChI=1S/C6H6N2S2/c1-3-9-5(7-1)6-8-2-4-10-6/h1,3H,2,4H2. The van der Waals surface area contributed by atoms with Crippen molar-refractivity contribution < 1.29 is 0 Å². The van der Waals surface area contributed by atoms with Crippen LogP contribution in [-0.4, -0.2) is 22.3 Å². The Morgan fingerprint density at radius 3 is 3.10 bits per heavy atom. The lowest BCUT2D eigenvalue weighted by molar-refractivity contribution is 1.17. The van der Waals surface area contributed by atoms with Gasteiger partial charge in [-0.2, -0.15) is 0 Å². The van der Waals surface area contributed by atoms with E-state index in [0.29, 0.717) is 0 Å². The highest BCUT2D eigenvalue weighted by molar-refractivity contribution is 8.14. The largest absolute Gasteiger partial charge is 0.274 e. The molecule has 0 aromatic carbocycles. The second kappa shape index (κ2) is 2.72. The van der Waals surface area contributed by atoms with Crippen LogP contribution in [0.1, 0.15) is 5.01 Å². The predicted octanol–water partition coefficient (Wildman–Crippen LogP) is 1.64. The SMILES string of the molecule is c1csc(C2=NCCS2)n1. The van der Waals surface area contributed by atoms with Crippen molar-refractivity contribution in [2.24, 2.45) is 4.99 Å². The molecule has 1 aromatic rings. The number of aliphatic imine (C=N–C) groups is 1. The number of hydrogen-bond acceptors (Lipinski definition) is 4. The third kappa shape index (κ3) is 1.09. The van der Waals surface area contributed by atoms with Gasteiger partial charge in [-0.25, -0.2) is 4.98 Å². The highest BCUT2D eigenvalue weighted by Gasteiger charge is 2.10. The van der Waals surface area contributed by atoms with E-state index in [1.807, 2.05) is 11.6 Å². The number of nitrogens with zero attached hydrogens (tertiary/aromatic N) is 2. The fraction of sp³-hybridized carbons (Fsp3) is 0.333. The minimum absolute atomic E-state index is 0.958. The molecule has 4 heteroatoms. The predicted molar refractivity (Wildman–Crippen MR) is 46.0 cm³/mol. The van der Waals surface area contributed by atoms with E-state index in [1.54, 1.807) is 23.1 Å². The smallest absolute Gasteiger partial charge is 0.147 e. The summed E-state index contributed by atoms with van der Waals surface area (Å²) >= 11 is 3.46. The molecule has 0 radical (unpaired) electrons. The number of rotatable bonds is 1. The molecule has 0 saturated heterocycles. The van der Waals surface area contributed by atoms with Gasteiger partial charge in [0.2, 0.25) is 0 Å². The number of aromatic nitrogens is 1. The summed E-state index contributed by atoms with van der Waals surface area (Å²) < 4.78 is 0. The minimum Gasteiger partial charge on any atom is -0.274 e. The molecule has 2 heterocycles. The molecule has 52 valence electrons. The molecule has 0 spiro atoms. The zero-order valence-electron chi connectivity index (χ0n) is 5.28. The zero-order valence-corrected chi connectivity index (χ0v) is 6.91. The van der Waals surface area contributed by atoms with Gasteiger partial charge >= 0.3 is 0 Å². The van der Waals surface area contributed by atoms with Crippen molar-refractivity contribution in [1.82, 2.24) is 4.98 Å². The molecule has 0 bridgehead atoms. The van der Waals surface area contributed by atoms with E-state index in [-0.39, 0.29) is 0 Å². The quantitative estimate of drug-likeness (QED) is 0.640. The molecule has 0 amide bonds. The second-order valence-electron chi connectivity index (χ2n) is 1.87. The lowest BCUT2D eigenvalue weighted by Crippen LogP contribution is -1.88. The highest BCUT2D eigenvalue weighted by atomic mass is 32.2. The van der Waals surface area contributed by atoms with Crippen LogP contribution in [0.3, 0.4) is 0 Å².